The molecular formula is C21H20F3NO7. The van der Waals surface area contributed by atoms with Gasteiger partial charge in [-0.3, -0.25) is 19.7 Å². The Kier molecular flexibility index (Phi) is 7.79. The van der Waals surface area contributed by atoms with Crippen LogP contribution in [0.2, 0.25) is 0 Å². The van der Waals surface area contributed by atoms with Crippen LogP contribution in [0, 0.1) is 16.0 Å². The van der Waals surface area contributed by atoms with Crippen molar-refractivity contribution >= 4 is 17.6 Å². The van der Waals surface area contributed by atoms with E-state index in [1.807, 2.05) is 0 Å². The quantitative estimate of drug-likeness (QED) is 0.257. The van der Waals surface area contributed by atoms with E-state index >= 15 is 0 Å². The molecule has 0 fully saturated rings. The first-order valence-corrected chi connectivity index (χ1v) is 9.18. The number of hydrogen-bond acceptors (Lipinski definition) is 7. The molecule has 0 bridgehead atoms. The van der Waals surface area contributed by atoms with Crippen LogP contribution in [0.5, 0.6) is 5.75 Å². The fourth-order valence-corrected chi connectivity index (χ4v) is 3.40. The van der Waals surface area contributed by atoms with Gasteiger partial charge < -0.3 is 14.2 Å². The molecule has 32 heavy (non-hydrogen) atoms. The highest BCUT2D eigenvalue weighted by molar-refractivity contribution is 5.96. The summed E-state index contributed by atoms with van der Waals surface area (Å²) in [6.07, 6.45) is -5.56. The number of alkyl halides is 3. The molecule has 0 spiro atoms. The van der Waals surface area contributed by atoms with Crippen molar-refractivity contribution < 1.29 is 41.9 Å². The Morgan fingerprint density at radius 3 is 2.00 bits per heavy atom. The molecule has 0 N–H and O–H groups in total. The molecule has 2 aromatic carbocycles. The summed E-state index contributed by atoms with van der Waals surface area (Å²) < 4.78 is 55.4. The lowest BCUT2D eigenvalue weighted by atomic mass is 9.80. The fourth-order valence-electron chi connectivity index (χ4n) is 3.40. The van der Waals surface area contributed by atoms with E-state index in [-0.39, 0.29) is 5.56 Å². The van der Waals surface area contributed by atoms with Crippen LogP contribution in [0.4, 0.5) is 18.9 Å². The van der Waals surface area contributed by atoms with Gasteiger partial charge in [0.15, 0.2) is 5.92 Å². The van der Waals surface area contributed by atoms with Crippen molar-refractivity contribution in [3.05, 3.63) is 69.3 Å². The lowest BCUT2D eigenvalue weighted by Crippen LogP contribution is -2.33. The lowest BCUT2D eigenvalue weighted by molar-refractivity contribution is -0.385. The molecule has 0 aliphatic heterocycles. The molecule has 0 heterocycles. The lowest BCUT2D eigenvalue weighted by Gasteiger charge is -2.25. The van der Waals surface area contributed by atoms with Crippen LogP contribution >= 0.6 is 0 Å². The number of methoxy groups -OCH3 is 3. The number of nitrogens with zero attached hydrogens (tertiary/aromatic N) is 1. The van der Waals surface area contributed by atoms with E-state index < -0.39 is 58.1 Å². The van der Waals surface area contributed by atoms with Crippen LogP contribution in [0.25, 0.3) is 0 Å². The van der Waals surface area contributed by atoms with E-state index in [0.717, 1.165) is 26.4 Å². The summed E-state index contributed by atoms with van der Waals surface area (Å²) >= 11 is 0. The van der Waals surface area contributed by atoms with E-state index in [2.05, 4.69) is 9.47 Å². The van der Waals surface area contributed by atoms with Crippen LogP contribution in [-0.4, -0.2) is 38.2 Å². The molecule has 0 amide bonds. The number of esters is 2. The molecule has 0 radical (unpaired) electrons. The van der Waals surface area contributed by atoms with Crippen molar-refractivity contribution in [3.8, 4) is 5.75 Å². The van der Waals surface area contributed by atoms with Gasteiger partial charge in [-0.15, -0.1) is 0 Å². The number of rotatable bonds is 8. The summed E-state index contributed by atoms with van der Waals surface area (Å²) in [5.41, 5.74) is -2.42. The first-order valence-electron chi connectivity index (χ1n) is 9.18. The Hall–Kier alpha value is -3.63. The zero-order valence-corrected chi connectivity index (χ0v) is 17.3. The Morgan fingerprint density at radius 2 is 1.56 bits per heavy atom. The summed E-state index contributed by atoms with van der Waals surface area (Å²) in [4.78, 5) is 35.4. The molecule has 2 aromatic rings. The zero-order valence-electron chi connectivity index (χ0n) is 17.3. The SMILES string of the molecule is COC(=O)C(C(=O)OC)C(Cc1c([N+](=O)[O-])cccc1C(F)(F)F)c1ccc(OC)cc1. The molecule has 1 atom stereocenters. The standard InChI is InChI=1S/C21H20F3NO7/c1-30-13-9-7-12(8-10-13)14(18(19(26)31-2)20(27)32-3)11-15-16(21(22,23)24)5-4-6-17(15)25(28)29/h4-10,14,18H,11H2,1-3H3. The summed E-state index contributed by atoms with van der Waals surface area (Å²) in [5.74, 6) is -4.61. The Balaban J connectivity index is 2.74. The minimum absolute atomic E-state index is 0.262. The van der Waals surface area contributed by atoms with E-state index in [1.165, 1.54) is 31.4 Å². The maximum Gasteiger partial charge on any atom is 0.416 e. The third kappa shape index (κ3) is 5.34. The predicted molar refractivity (Wildman–Crippen MR) is 105 cm³/mol. The second-order valence-corrected chi connectivity index (χ2v) is 6.67. The van der Waals surface area contributed by atoms with Crippen molar-refractivity contribution in [2.75, 3.05) is 21.3 Å². The Labute approximate surface area is 181 Å². The minimum Gasteiger partial charge on any atom is -0.497 e. The maximum absolute atomic E-state index is 13.7. The summed E-state index contributed by atoms with van der Waals surface area (Å²) in [7, 11) is 3.42. The monoisotopic (exact) mass is 455 g/mol. The highest BCUT2D eigenvalue weighted by Gasteiger charge is 2.42. The van der Waals surface area contributed by atoms with Crippen LogP contribution < -0.4 is 4.74 Å². The molecule has 1 unspecified atom stereocenters. The second-order valence-electron chi connectivity index (χ2n) is 6.67. The molecule has 8 nitrogen and oxygen atoms in total. The summed E-state index contributed by atoms with van der Waals surface area (Å²) in [6, 6.07) is 8.43. The number of halogens is 3. The van der Waals surface area contributed by atoms with E-state index in [1.54, 1.807) is 0 Å². The number of carbonyl (C=O) groups is 2. The first-order chi connectivity index (χ1) is 15.0. The van der Waals surface area contributed by atoms with Gasteiger partial charge in [0.2, 0.25) is 0 Å². The Bertz CT molecular complexity index is 974. The molecular weight excluding hydrogens is 435 g/mol. The van der Waals surface area contributed by atoms with Gasteiger partial charge in [-0.2, -0.15) is 13.2 Å². The number of nitro benzene ring substituents is 1. The van der Waals surface area contributed by atoms with E-state index in [0.29, 0.717) is 11.8 Å². The number of hydrogen-bond donors (Lipinski definition) is 0. The van der Waals surface area contributed by atoms with Crippen LogP contribution in [0.3, 0.4) is 0 Å². The molecule has 0 saturated heterocycles. The molecule has 0 saturated carbocycles. The summed E-state index contributed by atoms with van der Waals surface area (Å²) in [5, 5.41) is 11.5. The van der Waals surface area contributed by atoms with Crippen molar-refractivity contribution in [3.63, 3.8) is 0 Å². The zero-order chi connectivity index (χ0) is 24.1. The first kappa shape index (κ1) is 24.6. The van der Waals surface area contributed by atoms with Gasteiger partial charge in [-0.25, -0.2) is 0 Å². The molecule has 0 aliphatic carbocycles. The van der Waals surface area contributed by atoms with Gasteiger partial charge in [0.1, 0.15) is 5.75 Å². The van der Waals surface area contributed by atoms with Crippen LogP contribution in [-0.2, 0) is 31.7 Å². The predicted octanol–water partition coefficient (Wildman–Crippen LogP) is 3.91. The largest absolute Gasteiger partial charge is 0.497 e. The van der Waals surface area contributed by atoms with E-state index in [4.69, 9.17) is 4.74 Å². The van der Waals surface area contributed by atoms with Crippen LogP contribution in [0.1, 0.15) is 22.6 Å². The van der Waals surface area contributed by atoms with Gasteiger partial charge in [0.25, 0.3) is 5.69 Å². The minimum atomic E-state index is -4.90. The highest BCUT2D eigenvalue weighted by atomic mass is 19.4. The third-order valence-corrected chi connectivity index (χ3v) is 4.93. The molecule has 2 rings (SSSR count). The smallest absolute Gasteiger partial charge is 0.416 e. The molecule has 0 aromatic heterocycles. The van der Waals surface area contributed by atoms with Crippen molar-refractivity contribution in [1.29, 1.82) is 0 Å². The van der Waals surface area contributed by atoms with Gasteiger partial charge in [0.05, 0.1) is 31.8 Å². The van der Waals surface area contributed by atoms with Gasteiger partial charge in [0, 0.05) is 17.5 Å². The topological polar surface area (TPSA) is 105 Å². The van der Waals surface area contributed by atoms with Crippen molar-refractivity contribution in [2.24, 2.45) is 5.92 Å². The summed E-state index contributed by atoms with van der Waals surface area (Å²) in [6.45, 7) is 0. The van der Waals surface area contributed by atoms with Crippen molar-refractivity contribution in [1.82, 2.24) is 0 Å². The highest BCUT2D eigenvalue weighted by Crippen LogP contribution is 2.40. The molecule has 172 valence electrons. The van der Waals surface area contributed by atoms with Crippen LogP contribution in [0.15, 0.2) is 42.5 Å². The van der Waals surface area contributed by atoms with Gasteiger partial charge >= 0.3 is 18.1 Å². The average Bonchev–Trinajstić information content (AvgIpc) is 2.77. The number of carbonyl (C=O) groups excluding carboxylic acids is 2. The fraction of sp³-hybridized carbons (Fsp3) is 0.333. The third-order valence-electron chi connectivity index (χ3n) is 4.93. The maximum atomic E-state index is 13.7. The van der Waals surface area contributed by atoms with Crippen molar-refractivity contribution in [2.45, 2.75) is 18.5 Å². The molecule has 0 aliphatic rings. The Morgan fingerprint density at radius 1 is 1.00 bits per heavy atom. The number of benzene rings is 2. The second kappa shape index (κ2) is 10.1. The van der Waals surface area contributed by atoms with Gasteiger partial charge in [-0.1, -0.05) is 18.2 Å². The molecule has 11 heteroatoms. The number of nitro groups is 1. The van der Waals surface area contributed by atoms with Gasteiger partial charge in [-0.05, 0) is 30.2 Å². The normalized spacial score (nSPS) is 12.2. The number of ether oxygens (including phenoxy) is 3. The average molecular weight is 455 g/mol. The van der Waals surface area contributed by atoms with E-state index in [9.17, 15) is 32.9 Å².